The molecular formula is C14H22N2O4S. The van der Waals surface area contributed by atoms with Crippen LogP contribution in [0.2, 0.25) is 0 Å². The lowest BCUT2D eigenvalue weighted by Crippen LogP contribution is -2.21. The second-order valence-electron chi connectivity index (χ2n) is 4.91. The van der Waals surface area contributed by atoms with Crippen LogP contribution in [0.4, 0.5) is 0 Å². The van der Waals surface area contributed by atoms with E-state index in [1.807, 2.05) is 20.8 Å². The lowest BCUT2D eigenvalue weighted by atomic mass is 10.2. The predicted octanol–water partition coefficient (Wildman–Crippen LogP) is 1.92. The molecule has 1 aromatic heterocycles. The van der Waals surface area contributed by atoms with Crippen molar-refractivity contribution in [2.75, 3.05) is 12.4 Å². The maximum absolute atomic E-state index is 11.3. The normalized spacial score (nSPS) is 12.7. The number of ether oxygens (including phenoxy) is 1. The number of thioether (sulfide) groups is 1. The van der Waals surface area contributed by atoms with Gasteiger partial charge in [0.15, 0.2) is 0 Å². The molecule has 0 aromatic carbocycles. The molecule has 0 aliphatic rings. The third-order valence-electron chi connectivity index (χ3n) is 2.67. The molecule has 1 rings (SSSR count). The van der Waals surface area contributed by atoms with Crippen LogP contribution >= 0.6 is 11.8 Å². The summed E-state index contributed by atoms with van der Waals surface area (Å²) in [6, 6.07) is 0. The lowest BCUT2D eigenvalue weighted by Gasteiger charge is -2.14. The number of rotatable bonds is 8. The van der Waals surface area contributed by atoms with Gasteiger partial charge in [-0.1, -0.05) is 6.92 Å². The van der Waals surface area contributed by atoms with Crippen LogP contribution < -0.4 is 0 Å². The molecule has 0 spiro atoms. The number of aryl methyl sites for hydroxylation is 2. The standard InChI is InChI=1S/C14H22N2O4S/c1-5-11-15-9(4)12(14(18)19)13(16-11)21-7-10(17)6-20-8(2)3/h8,10,17H,5-7H2,1-4H3,(H,18,19). The van der Waals surface area contributed by atoms with Gasteiger partial charge in [-0.05, 0) is 20.8 Å². The molecule has 0 radical (unpaired) electrons. The first-order chi connectivity index (χ1) is 9.85. The van der Waals surface area contributed by atoms with Gasteiger partial charge in [0.05, 0.1) is 24.5 Å². The van der Waals surface area contributed by atoms with Gasteiger partial charge in [-0.3, -0.25) is 0 Å². The summed E-state index contributed by atoms with van der Waals surface area (Å²) in [4.78, 5) is 19.7. The maximum atomic E-state index is 11.3. The van der Waals surface area contributed by atoms with Crippen molar-refractivity contribution in [1.29, 1.82) is 0 Å². The maximum Gasteiger partial charge on any atom is 0.340 e. The molecule has 0 fully saturated rings. The Morgan fingerprint density at radius 3 is 2.57 bits per heavy atom. The topological polar surface area (TPSA) is 92.5 Å². The van der Waals surface area contributed by atoms with E-state index in [9.17, 15) is 15.0 Å². The molecule has 2 N–H and O–H groups in total. The van der Waals surface area contributed by atoms with E-state index in [-0.39, 0.29) is 18.3 Å². The SMILES string of the molecule is CCc1nc(C)c(C(=O)O)c(SCC(O)COC(C)C)n1. The van der Waals surface area contributed by atoms with Crippen molar-refractivity contribution >= 4 is 17.7 Å². The number of hydrogen-bond acceptors (Lipinski definition) is 6. The first-order valence-corrected chi connectivity index (χ1v) is 7.86. The zero-order chi connectivity index (χ0) is 16.0. The van der Waals surface area contributed by atoms with Gasteiger partial charge in [0.25, 0.3) is 0 Å². The van der Waals surface area contributed by atoms with Gasteiger partial charge in [-0.15, -0.1) is 11.8 Å². The van der Waals surface area contributed by atoms with E-state index in [2.05, 4.69) is 9.97 Å². The summed E-state index contributed by atoms with van der Waals surface area (Å²) in [6.45, 7) is 7.58. The molecule has 0 bridgehead atoms. The predicted molar refractivity (Wildman–Crippen MR) is 80.9 cm³/mol. The fourth-order valence-corrected chi connectivity index (χ4v) is 2.63. The zero-order valence-electron chi connectivity index (χ0n) is 12.8. The summed E-state index contributed by atoms with van der Waals surface area (Å²) in [6.07, 6.45) is 0.0134. The van der Waals surface area contributed by atoms with Crippen LogP contribution in [0, 0.1) is 6.92 Å². The Hall–Kier alpha value is -1.18. The fraction of sp³-hybridized carbons (Fsp3) is 0.643. The van der Waals surface area contributed by atoms with Gasteiger partial charge in [-0.2, -0.15) is 0 Å². The van der Waals surface area contributed by atoms with Crippen molar-refractivity contribution in [3.63, 3.8) is 0 Å². The highest BCUT2D eigenvalue weighted by Gasteiger charge is 2.19. The third-order valence-corrected chi connectivity index (χ3v) is 3.79. The van der Waals surface area contributed by atoms with E-state index in [0.717, 1.165) is 0 Å². The molecule has 0 saturated heterocycles. The number of carbonyl (C=O) groups is 1. The Morgan fingerprint density at radius 1 is 1.38 bits per heavy atom. The lowest BCUT2D eigenvalue weighted by molar-refractivity contribution is 0.0152. The first kappa shape index (κ1) is 17.9. The van der Waals surface area contributed by atoms with Gasteiger partial charge in [0.2, 0.25) is 0 Å². The Labute approximate surface area is 129 Å². The van der Waals surface area contributed by atoms with E-state index >= 15 is 0 Å². The number of aliphatic hydroxyl groups is 1. The largest absolute Gasteiger partial charge is 0.478 e. The quantitative estimate of drug-likeness (QED) is 0.559. The number of aromatic nitrogens is 2. The molecule has 1 aromatic rings. The third kappa shape index (κ3) is 5.61. The summed E-state index contributed by atoms with van der Waals surface area (Å²) in [5.74, 6) is -0.120. The van der Waals surface area contributed by atoms with Crippen molar-refractivity contribution in [3.8, 4) is 0 Å². The van der Waals surface area contributed by atoms with E-state index in [4.69, 9.17) is 4.74 Å². The number of nitrogens with zero attached hydrogens (tertiary/aromatic N) is 2. The van der Waals surface area contributed by atoms with E-state index < -0.39 is 12.1 Å². The molecule has 1 unspecified atom stereocenters. The zero-order valence-corrected chi connectivity index (χ0v) is 13.6. The molecule has 118 valence electrons. The Bertz CT molecular complexity index is 494. The van der Waals surface area contributed by atoms with Crippen LogP contribution in [-0.4, -0.2) is 50.7 Å². The molecular weight excluding hydrogens is 292 g/mol. The highest BCUT2D eigenvalue weighted by molar-refractivity contribution is 7.99. The smallest absolute Gasteiger partial charge is 0.340 e. The van der Waals surface area contributed by atoms with Crippen molar-refractivity contribution in [3.05, 3.63) is 17.1 Å². The summed E-state index contributed by atoms with van der Waals surface area (Å²) in [7, 11) is 0. The Balaban J connectivity index is 2.81. The van der Waals surface area contributed by atoms with Crippen molar-refractivity contribution < 1.29 is 19.7 Å². The minimum Gasteiger partial charge on any atom is -0.478 e. The molecule has 1 atom stereocenters. The van der Waals surface area contributed by atoms with Crippen LogP contribution in [-0.2, 0) is 11.2 Å². The minimum absolute atomic E-state index is 0.0484. The highest BCUT2D eigenvalue weighted by atomic mass is 32.2. The molecule has 1 heterocycles. The Kier molecular flexibility index (Phi) is 7.07. The molecule has 21 heavy (non-hydrogen) atoms. The van der Waals surface area contributed by atoms with Gasteiger partial charge in [0, 0.05) is 12.2 Å². The van der Waals surface area contributed by atoms with Gasteiger partial charge in [-0.25, -0.2) is 14.8 Å². The molecule has 6 nitrogen and oxygen atoms in total. The van der Waals surface area contributed by atoms with Gasteiger partial charge >= 0.3 is 5.97 Å². The van der Waals surface area contributed by atoms with Crippen molar-refractivity contribution in [2.45, 2.75) is 51.3 Å². The summed E-state index contributed by atoms with van der Waals surface area (Å²) in [5.41, 5.74) is 0.555. The highest BCUT2D eigenvalue weighted by Crippen LogP contribution is 2.24. The summed E-state index contributed by atoms with van der Waals surface area (Å²) >= 11 is 1.22. The van der Waals surface area contributed by atoms with Crippen LogP contribution in [0.25, 0.3) is 0 Å². The van der Waals surface area contributed by atoms with Gasteiger partial charge in [0.1, 0.15) is 16.4 Å². The number of carboxylic acids is 1. The van der Waals surface area contributed by atoms with Gasteiger partial charge < -0.3 is 14.9 Å². The average Bonchev–Trinajstić information content (AvgIpc) is 2.41. The molecule has 7 heteroatoms. The molecule has 0 aliphatic heterocycles. The fourth-order valence-electron chi connectivity index (χ4n) is 1.64. The monoisotopic (exact) mass is 314 g/mol. The van der Waals surface area contributed by atoms with Crippen LogP contribution in [0.15, 0.2) is 5.03 Å². The molecule has 0 aliphatic carbocycles. The van der Waals surface area contributed by atoms with Crippen LogP contribution in [0.1, 0.15) is 42.6 Å². The van der Waals surface area contributed by atoms with Crippen LogP contribution in [0.5, 0.6) is 0 Å². The number of aliphatic hydroxyl groups excluding tert-OH is 1. The van der Waals surface area contributed by atoms with E-state index in [1.165, 1.54) is 11.8 Å². The van der Waals surface area contributed by atoms with Crippen LogP contribution in [0.3, 0.4) is 0 Å². The average molecular weight is 314 g/mol. The number of aromatic carboxylic acids is 1. The number of hydrogen-bond donors (Lipinski definition) is 2. The minimum atomic E-state index is -1.05. The Morgan fingerprint density at radius 2 is 2.05 bits per heavy atom. The van der Waals surface area contributed by atoms with Crippen molar-refractivity contribution in [2.24, 2.45) is 0 Å². The first-order valence-electron chi connectivity index (χ1n) is 6.88. The molecule has 0 saturated carbocycles. The summed E-state index contributed by atoms with van der Waals surface area (Å²) < 4.78 is 5.33. The van der Waals surface area contributed by atoms with E-state index in [0.29, 0.717) is 28.7 Å². The van der Waals surface area contributed by atoms with E-state index in [1.54, 1.807) is 6.92 Å². The molecule has 0 amide bonds. The number of carboxylic acid groups (broad SMARTS) is 1. The second-order valence-corrected chi connectivity index (χ2v) is 5.92. The second kappa shape index (κ2) is 8.31. The summed E-state index contributed by atoms with van der Waals surface area (Å²) in [5, 5.41) is 19.5. The van der Waals surface area contributed by atoms with Crippen molar-refractivity contribution in [1.82, 2.24) is 9.97 Å².